The van der Waals surface area contributed by atoms with Crippen LogP contribution in [0.2, 0.25) is 0 Å². The molecule has 4 nitrogen and oxygen atoms in total. The molecule has 1 saturated heterocycles. The van der Waals surface area contributed by atoms with E-state index in [0.29, 0.717) is 0 Å². The largest absolute Gasteiger partial charge is 0.493 e. The second kappa shape index (κ2) is 5.83. The molecule has 1 aromatic carbocycles. The fourth-order valence-corrected chi connectivity index (χ4v) is 3.16. The first-order valence-electron chi connectivity index (χ1n) is 7.58. The Kier molecular flexibility index (Phi) is 3.92. The Morgan fingerprint density at radius 1 is 1.45 bits per heavy atom. The standard InChI is InChI=1S/C16H22N2O2/c1-2-18-9-4-3-5-14(18)16(19)17-13-6-7-15-12(11-13)8-10-20-15/h6-7,11,14H,2-5,8-10H2,1H3,(H,17,19). The normalized spacial score (nSPS) is 22.1. The molecule has 1 fully saturated rings. The quantitative estimate of drug-likeness (QED) is 0.920. The fraction of sp³-hybridized carbons (Fsp3) is 0.562. The van der Waals surface area contributed by atoms with Gasteiger partial charge in [-0.05, 0) is 49.7 Å². The first-order valence-corrected chi connectivity index (χ1v) is 7.58. The molecule has 2 heterocycles. The molecule has 20 heavy (non-hydrogen) atoms. The van der Waals surface area contributed by atoms with Gasteiger partial charge >= 0.3 is 0 Å². The third-order valence-electron chi connectivity index (χ3n) is 4.28. The summed E-state index contributed by atoms with van der Waals surface area (Å²) in [5, 5.41) is 3.07. The number of ether oxygens (including phenoxy) is 1. The molecule has 1 amide bonds. The van der Waals surface area contributed by atoms with Crippen LogP contribution in [0.15, 0.2) is 18.2 Å². The van der Waals surface area contributed by atoms with Crippen LogP contribution in [0.5, 0.6) is 5.75 Å². The van der Waals surface area contributed by atoms with Crippen molar-refractivity contribution in [1.82, 2.24) is 4.90 Å². The second-order valence-electron chi connectivity index (χ2n) is 5.55. The lowest BCUT2D eigenvalue weighted by molar-refractivity contribution is -0.122. The van der Waals surface area contributed by atoms with Crippen LogP contribution in [0.1, 0.15) is 31.7 Å². The van der Waals surface area contributed by atoms with Gasteiger partial charge in [-0.15, -0.1) is 0 Å². The van der Waals surface area contributed by atoms with Gasteiger partial charge in [0.15, 0.2) is 0 Å². The maximum absolute atomic E-state index is 12.5. The highest BCUT2D eigenvalue weighted by molar-refractivity contribution is 5.95. The summed E-state index contributed by atoms with van der Waals surface area (Å²) in [5.41, 5.74) is 2.08. The molecule has 0 aliphatic carbocycles. The molecular formula is C16H22N2O2. The summed E-state index contributed by atoms with van der Waals surface area (Å²) in [7, 11) is 0. The van der Waals surface area contributed by atoms with E-state index in [1.54, 1.807) is 0 Å². The fourth-order valence-electron chi connectivity index (χ4n) is 3.16. The average molecular weight is 274 g/mol. The van der Waals surface area contributed by atoms with Crippen LogP contribution >= 0.6 is 0 Å². The number of carbonyl (C=O) groups is 1. The highest BCUT2D eigenvalue weighted by atomic mass is 16.5. The number of hydrogen-bond acceptors (Lipinski definition) is 3. The van der Waals surface area contributed by atoms with Gasteiger partial charge < -0.3 is 10.1 Å². The van der Waals surface area contributed by atoms with E-state index in [0.717, 1.165) is 50.4 Å². The summed E-state index contributed by atoms with van der Waals surface area (Å²) in [6, 6.07) is 5.95. The SMILES string of the molecule is CCN1CCCCC1C(=O)Nc1ccc2c(c1)CCO2. The van der Waals surface area contributed by atoms with Gasteiger partial charge in [0.2, 0.25) is 5.91 Å². The Balaban J connectivity index is 1.69. The van der Waals surface area contributed by atoms with E-state index >= 15 is 0 Å². The van der Waals surface area contributed by atoms with Gasteiger partial charge in [-0.1, -0.05) is 13.3 Å². The molecule has 1 aromatic rings. The number of benzene rings is 1. The van der Waals surface area contributed by atoms with Crippen molar-refractivity contribution in [2.75, 3.05) is 25.0 Å². The number of carbonyl (C=O) groups excluding carboxylic acids is 1. The van der Waals surface area contributed by atoms with Crippen LogP contribution < -0.4 is 10.1 Å². The zero-order chi connectivity index (χ0) is 13.9. The topological polar surface area (TPSA) is 41.6 Å². The van der Waals surface area contributed by atoms with Crippen LogP contribution in [0.4, 0.5) is 5.69 Å². The molecule has 0 radical (unpaired) electrons. The molecular weight excluding hydrogens is 252 g/mol. The smallest absolute Gasteiger partial charge is 0.241 e. The summed E-state index contributed by atoms with van der Waals surface area (Å²) >= 11 is 0. The Bertz CT molecular complexity index is 501. The Morgan fingerprint density at radius 3 is 3.20 bits per heavy atom. The van der Waals surface area contributed by atoms with Gasteiger partial charge in [0.1, 0.15) is 5.75 Å². The van der Waals surface area contributed by atoms with Crippen LogP contribution in [-0.4, -0.2) is 36.5 Å². The Labute approximate surface area is 120 Å². The molecule has 1 atom stereocenters. The molecule has 0 aromatic heterocycles. The number of nitrogens with one attached hydrogen (secondary N) is 1. The van der Waals surface area contributed by atoms with Crippen LogP contribution in [0.3, 0.4) is 0 Å². The molecule has 1 unspecified atom stereocenters. The predicted molar refractivity (Wildman–Crippen MR) is 79.2 cm³/mol. The lowest BCUT2D eigenvalue weighted by Gasteiger charge is -2.33. The molecule has 2 aliphatic rings. The first-order chi connectivity index (χ1) is 9.78. The van der Waals surface area contributed by atoms with Gasteiger partial charge in [0.25, 0.3) is 0 Å². The van der Waals surface area contributed by atoms with Crippen molar-refractivity contribution in [3.05, 3.63) is 23.8 Å². The molecule has 108 valence electrons. The molecule has 0 bridgehead atoms. The van der Waals surface area contributed by atoms with E-state index in [-0.39, 0.29) is 11.9 Å². The molecule has 0 spiro atoms. The summed E-state index contributed by atoms with van der Waals surface area (Å²) in [5.74, 6) is 1.08. The number of likely N-dealkylation sites (tertiary alicyclic amines) is 1. The third kappa shape index (κ3) is 2.66. The minimum absolute atomic E-state index is 0.0262. The van der Waals surface area contributed by atoms with E-state index < -0.39 is 0 Å². The van der Waals surface area contributed by atoms with Crippen molar-refractivity contribution < 1.29 is 9.53 Å². The number of rotatable bonds is 3. The van der Waals surface area contributed by atoms with Crippen molar-refractivity contribution in [2.45, 2.75) is 38.6 Å². The summed E-state index contributed by atoms with van der Waals surface area (Å²) in [6.45, 7) is 4.85. The highest BCUT2D eigenvalue weighted by Gasteiger charge is 2.27. The van der Waals surface area contributed by atoms with Gasteiger partial charge in [0.05, 0.1) is 12.6 Å². The summed E-state index contributed by atoms with van der Waals surface area (Å²) in [4.78, 5) is 14.7. The lowest BCUT2D eigenvalue weighted by Crippen LogP contribution is -2.46. The number of likely N-dealkylation sites (N-methyl/N-ethyl adjacent to an activating group) is 1. The molecule has 2 aliphatic heterocycles. The average Bonchev–Trinajstić information content (AvgIpc) is 2.94. The van der Waals surface area contributed by atoms with E-state index in [4.69, 9.17) is 4.74 Å². The molecule has 1 N–H and O–H groups in total. The van der Waals surface area contributed by atoms with Gasteiger partial charge in [-0.3, -0.25) is 9.69 Å². The van der Waals surface area contributed by atoms with Crippen molar-refractivity contribution in [3.63, 3.8) is 0 Å². The molecule has 4 heteroatoms. The Morgan fingerprint density at radius 2 is 2.35 bits per heavy atom. The zero-order valence-electron chi connectivity index (χ0n) is 12.0. The van der Waals surface area contributed by atoms with Gasteiger partial charge in [-0.2, -0.15) is 0 Å². The zero-order valence-corrected chi connectivity index (χ0v) is 12.0. The maximum Gasteiger partial charge on any atom is 0.241 e. The minimum Gasteiger partial charge on any atom is -0.493 e. The number of amides is 1. The summed E-state index contributed by atoms with van der Waals surface area (Å²) < 4.78 is 5.49. The van der Waals surface area contributed by atoms with Crippen molar-refractivity contribution in [2.24, 2.45) is 0 Å². The predicted octanol–water partition coefficient (Wildman–Crippen LogP) is 2.43. The van der Waals surface area contributed by atoms with Crippen LogP contribution in [0, 0.1) is 0 Å². The molecule has 3 rings (SSSR count). The van der Waals surface area contributed by atoms with Gasteiger partial charge in [0, 0.05) is 12.1 Å². The maximum atomic E-state index is 12.5. The highest BCUT2D eigenvalue weighted by Crippen LogP contribution is 2.28. The Hall–Kier alpha value is -1.55. The monoisotopic (exact) mass is 274 g/mol. The number of piperidine rings is 1. The van der Waals surface area contributed by atoms with E-state index in [1.165, 1.54) is 12.0 Å². The third-order valence-corrected chi connectivity index (χ3v) is 4.28. The number of fused-ring (bicyclic) bond motifs is 1. The van der Waals surface area contributed by atoms with Crippen molar-refractivity contribution in [3.8, 4) is 5.75 Å². The number of nitrogens with zero attached hydrogens (tertiary/aromatic N) is 1. The van der Waals surface area contributed by atoms with E-state index in [2.05, 4.69) is 17.1 Å². The number of hydrogen-bond donors (Lipinski definition) is 1. The molecule has 0 saturated carbocycles. The lowest BCUT2D eigenvalue weighted by atomic mass is 10.0. The van der Waals surface area contributed by atoms with Crippen molar-refractivity contribution in [1.29, 1.82) is 0 Å². The van der Waals surface area contributed by atoms with Crippen molar-refractivity contribution >= 4 is 11.6 Å². The minimum atomic E-state index is 0.0262. The van der Waals surface area contributed by atoms with Crippen LogP contribution in [-0.2, 0) is 11.2 Å². The van der Waals surface area contributed by atoms with E-state index in [1.807, 2.05) is 18.2 Å². The van der Waals surface area contributed by atoms with E-state index in [9.17, 15) is 4.79 Å². The summed E-state index contributed by atoms with van der Waals surface area (Å²) in [6.07, 6.45) is 4.25. The second-order valence-corrected chi connectivity index (χ2v) is 5.55. The van der Waals surface area contributed by atoms with Crippen LogP contribution in [0.25, 0.3) is 0 Å². The van der Waals surface area contributed by atoms with Gasteiger partial charge in [-0.25, -0.2) is 0 Å². The number of anilines is 1. The first kappa shape index (κ1) is 13.4.